The van der Waals surface area contributed by atoms with Crippen molar-refractivity contribution in [3.8, 4) is 0 Å². The molecular weight excluding hydrogens is 152 g/mol. The maximum Gasteiger partial charge on any atom is 0.0611 e. The fraction of sp³-hybridized carbons (Fsp3) is 1.00. The first-order valence-corrected chi connectivity index (χ1v) is 4.82. The van der Waals surface area contributed by atoms with Crippen LogP contribution in [-0.2, 0) is 0 Å². The van der Waals surface area contributed by atoms with Crippen molar-refractivity contribution in [2.75, 3.05) is 0 Å². The van der Waals surface area contributed by atoms with Crippen LogP contribution in [0.3, 0.4) is 0 Å². The quantitative estimate of drug-likeness (QED) is 0.570. The average Bonchev–Trinajstić information content (AvgIpc) is 1.96. The fourth-order valence-electron chi connectivity index (χ4n) is 3.41. The minimum atomic E-state index is -0.184. The third kappa shape index (κ3) is 0.775. The lowest BCUT2D eigenvalue weighted by Gasteiger charge is -2.64. The molecule has 2 bridgehead atoms. The van der Waals surface area contributed by atoms with Gasteiger partial charge in [-0.1, -0.05) is 20.8 Å². The van der Waals surface area contributed by atoms with Crippen molar-refractivity contribution in [3.05, 3.63) is 0 Å². The van der Waals surface area contributed by atoms with E-state index in [0.717, 1.165) is 6.42 Å². The van der Waals surface area contributed by atoms with Crippen LogP contribution in [0.4, 0.5) is 0 Å². The smallest absolute Gasteiger partial charge is 0.0611 e. The summed E-state index contributed by atoms with van der Waals surface area (Å²) in [5.41, 5.74) is 0.248. The summed E-state index contributed by atoms with van der Waals surface area (Å²) in [6, 6.07) is 0. The monoisotopic (exact) mass is 170 g/mol. The van der Waals surface area contributed by atoms with Crippen molar-refractivity contribution in [3.63, 3.8) is 0 Å². The largest absolute Gasteiger partial charge is 0.393 e. The van der Waals surface area contributed by atoms with E-state index in [9.17, 15) is 10.2 Å². The maximum atomic E-state index is 9.74. The van der Waals surface area contributed by atoms with Crippen molar-refractivity contribution in [2.24, 2.45) is 23.2 Å². The van der Waals surface area contributed by atoms with Crippen molar-refractivity contribution in [2.45, 2.75) is 39.4 Å². The number of hydrogen-bond donors (Lipinski definition) is 2. The van der Waals surface area contributed by atoms with Gasteiger partial charge in [0.2, 0.25) is 0 Å². The molecule has 0 aromatic heterocycles. The Morgan fingerprint density at radius 3 is 2.17 bits per heavy atom. The molecule has 70 valence electrons. The fourth-order valence-corrected chi connectivity index (χ4v) is 3.41. The van der Waals surface area contributed by atoms with Crippen molar-refractivity contribution in [1.29, 1.82) is 0 Å². The lowest BCUT2D eigenvalue weighted by molar-refractivity contribution is -0.238. The second kappa shape index (κ2) is 2.24. The van der Waals surface area contributed by atoms with Crippen LogP contribution in [0.1, 0.15) is 27.2 Å². The lowest BCUT2D eigenvalue weighted by Crippen LogP contribution is -2.66. The summed E-state index contributed by atoms with van der Waals surface area (Å²) >= 11 is 0. The summed E-state index contributed by atoms with van der Waals surface area (Å²) in [4.78, 5) is 0. The molecule has 3 saturated carbocycles. The topological polar surface area (TPSA) is 40.5 Å². The number of aliphatic hydroxyl groups excluding tert-OH is 2. The molecule has 0 radical (unpaired) electrons. The molecule has 3 rings (SSSR count). The molecule has 12 heavy (non-hydrogen) atoms. The first kappa shape index (κ1) is 8.52. The van der Waals surface area contributed by atoms with E-state index in [0.29, 0.717) is 11.8 Å². The molecule has 0 amide bonds. The van der Waals surface area contributed by atoms with Crippen LogP contribution in [0.15, 0.2) is 0 Å². The highest BCUT2D eigenvalue weighted by atomic mass is 16.3. The zero-order valence-corrected chi connectivity index (χ0v) is 7.99. The predicted octanol–water partition coefficient (Wildman–Crippen LogP) is 1.02. The van der Waals surface area contributed by atoms with E-state index in [4.69, 9.17) is 0 Å². The van der Waals surface area contributed by atoms with Crippen LogP contribution in [0.2, 0.25) is 0 Å². The van der Waals surface area contributed by atoms with Crippen LogP contribution < -0.4 is 0 Å². The average molecular weight is 170 g/mol. The van der Waals surface area contributed by atoms with Gasteiger partial charge in [-0.15, -0.1) is 0 Å². The molecular formula is C10H18O2. The van der Waals surface area contributed by atoms with Gasteiger partial charge in [-0.3, -0.25) is 0 Å². The number of hydrogen-bond acceptors (Lipinski definition) is 2. The SMILES string of the molecule is C[C@H]1[C@H](O)C[C@@H]2C(O)[C@H]1C2(C)C. The summed E-state index contributed by atoms with van der Waals surface area (Å²) in [5, 5.41) is 19.4. The Balaban J connectivity index is 2.23. The highest BCUT2D eigenvalue weighted by Crippen LogP contribution is 2.61. The molecule has 2 heteroatoms. The van der Waals surface area contributed by atoms with E-state index in [-0.39, 0.29) is 23.5 Å². The standard InChI is InChI=1S/C10H18O2/c1-5-7(11)4-6-9(12)8(5)10(6,2)3/h5-9,11-12H,4H2,1-3H3/t5-,6+,7+,8-,9?/m0/s1. The first-order chi connectivity index (χ1) is 5.46. The van der Waals surface area contributed by atoms with Crippen LogP contribution in [0, 0.1) is 23.2 Å². The van der Waals surface area contributed by atoms with Crippen LogP contribution in [0.5, 0.6) is 0 Å². The van der Waals surface area contributed by atoms with E-state index in [1.165, 1.54) is 0 Å². The van der Waals surface area contributed by atoms with Gasteiger partial charge in [-0.05, 0) is 29.6 Å². The molecule has 2 nitrogen and oxygen atoms in total. The van der Waals surface area contributed by atoms with Gasteiger partial charge in [0, 0.05) is 0 Å². The number of fused-ring (bicyclic) bond motifs is 2. The van der Waals surface area contributed by atoms with Gasteiger partial charge in [0.15, 0.2) is 0 Å². The molecule has 0 aliphatic heterocycles. The van der Waals surface area contributed by atoms with Crippen molar-refractivity contribution in [1.82, 2.24) is 0 Å². The minimum absolute atomic E-state index is 0.154. The molecule has 0 heterocycles. The van der Waals surface area contributed by atoms with Crippen LogP contribution in [0.25, 0.3) is 0 Å². The highest BCUT2D eigenvalue weighted by Gasteiger charge is 2.62. The molecule has 3 aliphatic rings. The molecule has 3 fully saturated rings. The normalized spacial score (nSPS) is 56.2. The van der Waals surface area contributed by atoms with E-state index in [1.807, 2.05) is 0 Å². The van der Waals surface area contributed by atoms with Crippen LogP contribution in [-0.4, -0.2) is 22.4 Å². The maximum absolute atomic E-state index is 9.74. The third-order valence-electron chi connectivity index (χ3n) is 4.26. The minimum Gasteiger partial charge on any atom is -0.393 e. The first-order valence-electron chi connectivity index (χ1n) is 4.82. The number of aliphatic hydroxyl groups is 2. The Morgan fingerprint density at radius 2 is 1.83 bits per heavy atom. The molecule has 0 aromatic carbocycles. The zero-order chi connectivity index (χ0) is 9.09. The summed E-state index contributed by atoms with van der Waals surface area (Å²) in [6.45, 7) is 6.46. The number of rotatable bonds is 0. The zero-order valence-electron chi connectivity index (χ0n) is 7.99. The summed E-state index contributed by atoms with van der Waals surface area (Å²) in [6.07, 6.45) is 0.445. The van der Waals surface area contributed by atoms with Gasteiger partial charge in [0.1, 0.15) is 0 Å². The predicted molar refractivity (Wildman–Crippen MR) is 46.6 cm³/mol. The van der Waals surface area contributed by atoms with E-state index < -0.39 is 0 Å². The van der Waals surface area contributed by atoms with Gasteiger partial charge >= 0.3 is 0 Å². The van der Waals surface area contributed by atoms with Gasteiger partial charge in [0.05, 0.1) is 12.2 Å². The molecule has 3 aliphatic carbocycles. The molecule has 5 atom stereocenters. The molecule has 0 saturated heterocycles. The van der Waals surface area contributed by atoms with Crippen molar-refractivity contribution < 1.29 is 10.2 Å². The Hall–Kier alpha value is -0.0800. The Kier molecular flexibility index (Phi) is 1.59. The van der Waals surface area contributed by atoms with Crippen LogP contribution >= 0.6 is 0 Å². The van der Waals surface area contributed by atoms with E-state index in [1.54, 1.807) is 0 Å². The summed E-state index contributed by atoms with van der Waals surface area (Å²) in [5.74, 6) is 0.903. The second-order valence-corrected chi connectivity index (χ2v) is 5.11. The Bertz CT molecular complexity index is 200. The molecule has 0 spiro atoms. The van der Waals surface area contributed by atoms with Gasteiger partial charge < -0.3 is 10.2 Å². The summed E-state index contributed by atoms with van der Waals surface area (Å²) in [7, 11) is 0. The Labute approximate surface area is 73.6 Å². The summed E-state index contributed by atoms with van der Waals surface area (Å²) < 4.78 is 0. The molecule has 2 N–H and O–H groups in total. The Morgan fingerprint density at radius 1 is 1.25 bits per heavy atom. The molecule has 0 aromatic rings. The van der Waals surface area contributed by atoms with Gasteiger partial charge in [-0.2, -0.15) is 0 Å². The van der Waals surface area contributed by atoms with Gasteiger partial charge in [-0.25, -0.2) is 0 Å². The lowest BCUT2D eigenvalue weighted by atomic mass is 9.43. The van der Waals surface area contributed by atoms with Crippen molar-refractivity contribution >= 4 is 0 Å². The second-order valence-electron chi connectivity index (χ2n) is 5.11. The van der Waals surface area contributed by atoms with E-state index >= 15 is 0 Å². The van der Waals surface area contributed by atoms with E-state index in [2.05, 4.69) is 20.8 Å². The molecule has 1 unspecified atom stereocenters. The highest BCUT2D eigenvalue weighted by molar-refractivity contribution is 5.10. The third-order valence-corrected chi connectivity index (χ3v) is 4.26. The van der Waals surface area contributed by atoms with Gasteiger partial charge in [0.25, 0.3) is 0 Å².